The van der Waals surface area contributed by atoms with E-state index in [1.54, 1.807) is 0 Å². The molecule has 0 amide bonds. The van der Waals surface area contributed by atoms with Crippen LogP contribution in [0.4, 0.5) is 0 Å². The van der Waals surface area contributed by atoms with Crippen molar-refractivity contribution >= 4 is 0 Å². The molecule has 0 atom stereocenters. The van der Waals surface area contributed by atoms with Crippen molar-refractivity contribution < 1.29 is 4.74 Å². The highest BCUT2D eigenvalue weighted by molar-refractivity contribution is 5.06. The average Bonchev–Trinajstić information content (AvgIpc) is 2.96. The molecule has 0 bridgehead atoms. The summed E-state index contributed by atoms with van der Waals surface area (Å²) < 4.78 is 5.44. The fourth-order valence-electron chi connectivity index (χ4n) is 3.17. The van der Waals surface area contributed by atoms with Gasteiger partial charge in [-0.3, -0.25) is 0 Å². The van der Waals surface area contributed by atoms with Gasteiger partial charge in [-0.2, -0.15) is 0 Å². The van der Waals surface area contributed by atoms with Crippen molar-refractivity contribution in [3.63, 3.8) is 0 Å². The lowest BCUT2D eigenvalue weighted by Gasteiger charge is -2.04. The third-order valence-electron chi connectivity index (χ3n) is 4.68. The maximum absolute atomic E-state index is 5.44. The zero-order chi connectivity index (χ0) is 16.6. The van der Waals surface area contributed by atoms with Gasteiger partial charge in [0.1, 0.15) is 5.76 Å². The molecule has 1 aliphatic heterocycles. The average molecular weight is 322 g/mol. The first-order valence-corrected chi connectivity index (χ1v) is 10.1. The van der Waals surface area contributed by atoms with Gasteiger partial charge in [-0.25, -0.2) is 0 Å². The monoisotopic (exact) mass is 321 g/mol. The number of ether oxygens (including phenoxy) is 1. The molecule has 0 aromatic rings. The normalized spacial score (nSPS) is 13.8. The Morgan fingerprint density at radius 2 is 1.17 bits per heavy atom. The number of unbranched alkanes of at least 4 members (excludes halogenated alkanes) is 14. The van der Waals surface area contributed by atoms with Gasteiger partial charge in [-0.1, -0.05) is 96.8 Å². The van der Waals surface area contributed by atoms with Crippen LogP contribution in [0.2, 0.25) is 0 Å². The van der Waals surface area contributed by atoms with E-state index in [9.17, 15) is 0 Å². The summed E-state index contributed by atoms with van der Waals surface area (Å²) in [5.41, 5.74) is 0. The largest absolute Gasteiger partial charge is 0.445 e. The van der Waals surface area contributed by atoms with Crippen LogP contribution in [0.1, 0.15) is 110 Å². The van der Waals surface area contributed by atoms with E-state index >= 15 is 0 Å². The molecule has 0 unspecified atom stereocenters. The zero-order valence-corrected chi connectivity index (χ0v) is 15.5. The minimum atomic E-state index is 0.668. The summed E-state index contributed by atoms with van der Waals surface area (Å²) in [6.07, 6.45) is 24.2. The summed E-state index contributed by atoms with van der Waals surface area (Å²) in [5.74, 6) is 1.71. The second kappa shape index (κ2) is 14.7. The quantitative estimate of drug-likeness (QED) is 0.304. The van der Waals surface area contributed by atoms with E-state index in [4.69, 9.17) is 4.74 Å². The Morgan fingerprint density at radius 1 is 0.739 bits per heavy atom. The van der Waals surface area contributed by atoms with Crippen LogP contribution in [0.25, 0.3) is 0 Å². The second-order valence-corrected chi connectivity index (χ2v) is 6.98. The van der Waals surface area contributed by atoms with E-state index < -0.39 is 0 Å². The molecule has 0 fully saturated rings. The maximum atomic E-state index is 5.44. The van der Waals surface area contributed by atoms with Crippen LogP contribution in [0.3, 0.4) is 0 Å². The van der Waals surface area contributed by atoms with E-state index in [2.05, 4.69) is 18.8 Å². The summed E-state index contributed by atoms with van der Waals surface area (Å²) in [6.45, 7) is 6.03. The van der Waals surface area contributed by atoms with Gasteiger partial charge in [0.2, 0.25) is 0 Å². The molecule has 0 spiro atoms. The minimum Gasteiger partial charge on any atom is -0.445 e. The Morgan fingerprint density at radius 3 is 1.57 bits per heavy atom. The van der Waals surface area contributed by atoms with E-state index in [1.165, 1.54) is 96.3 Å². The molecule has 0 aromatic heterocycles. The Balaban J connectivity index is 1.69. The topological polar surface area (TPSA) is 21.3 Å². The van der Waals surface area contributed by atoms with Crippen LogP contribution >= 0.6 is 0 Å². The van der Waals surface area contributed by atoms with E-state index in [0.29, 0.717) is 5.88 Å². The standard InChI is InChI=1S/C21H39NO/c1-3-4-5-6-7-8-9-10-11-12-13-14-15-16-17-18-21-19-22-20(2)23-21/h19,22H,2-18H2,1H3. The molecule has 0 aromatic carbocycles. The van der Waals surface area contributed by atoms with E-state index in [1.807, 2.05) is 6.20 Å². The van der Waals surface area contributed by atoms with Crippen LogP contribution in [0, 0.1) is 0 Å². The lowest BCUT2D eigenvalue weighted by Crippen LogP contribution is -1.95. The Bertz CT molecular complexity index is 322. The van der Waals surface area contributed by atoms with Crippen molar-refractivity contribution in [2.24, 2.45) is 0 Å². The van der Waals surface area contributed by atoms with Gasteiger partial charge in [0.15, 0.2) is 5.88 Å². The van der Waals surface area contributed by atoms with E-state index in [0.717, 1.165) is 12.2 Å². The second-order valence-electron chi connectivity index (χ2n) is 6.98. The molecule has 1 N–H and O–H groups in total. The first-order valence-electron chi connectivity index (χ1n) is 10.1. The molecule has 0 aliphatic carbocycles. The van der Waals surface area contributed by atoms with Gasteiger partial charge in [-0.05, 0) is 13.0 Å². The molecule has 0 saturated carbocycles. The van der Waals surface area contributed by atoms with Gasteiger partial charge >= 0.3 is 0 Å². The summed E-state index contributed by atoms with van der Waals surface area (Å²) in [6, 6.07) is 0. The Kier molecular flexibility index (Phi) is 12.8. The molecule has 1 aliphatic rings. The smallest absolute Gasteiger partial charge is 0.189 e. The van der Waals surface area contributed by atoms with Crippen LogP contribution in [-0.4, -0.2) is 0 Å². The van der Waals surface area contributed by atoms with Crippen molar-refractivity contribution in [1.29, 1.82) is 0 Å². The number of allylic oxidation sites excluding steroid dienone is 1. The van der Waals surface area contributed by atoms with Crippen molar-refractivity contribution in [2.75, 3.05) is 0 Å². The molecule has 23 heavy (non-hydrogen) atoms. The van der Waals surface area contributed by atoms with Crippen LogP contribution < -0.4 is 5.32 Å². The lowest BCUT2D eigenvalue weighted by molar-refractivity contribution is 0.300. The van der Waals surface area contributed by atoms with E-state index in [-0.39, 0.29) is 0 Å². The molecule has 2 nitrogen and oxygen atoms in total. The summed E-state index contributed by atoms with van der Waals surface area (Å²) in [5, 5.41) is 2.99. The molecular formula is C21H39NO. The lowest BCUT2D eigenvalue weighted by atomic mass is 10.0. The van der Waals surface area contributed by atoms with Crippen LogP contribution in [0.15, 0.2) is 24.4 Å². The third kappa shape index (κ3) is 12.2. The fraction of sp³-hybridized carbons (Fsp3) is 0.810. The molecule has 134 valence electrons. The van der Waals surface area contributed by atoms with Gasteiger partial charge in [0.05, 0.1) is 0 Å². The zero-order valence-electron chi connectivity index (χ0n) is 15.5. The molecule has 0 saturated heterocycles. The summed E-state index contributed by atoms with van der Waals surface area (Å²) in [7, 11) is 0. The molecular weight excluding hydrogens is 282 g/mol. The fourth-order valence-corrected chi connectivity index (χ4v) is 3.17. The van der Waals surface area contributed by atoms with Gasteiger partial charge < -0.3 is 10.1 Å². The number of hydrogen-bond donors (Lipinski definition) is 1. The molecule has 1 rings (SSSR count). The van der Waals surface area contributed by atoms with Crippen LogP contribution in [-0.2, 0) is 4.74 Å². The summed E-state index contributed by atoms with van der Waals surface area (Å²) in [4.78, 5) is 0. The Labute approximate surface area is 144 Å². The number of hydrogen-bond acceptors (Lipinski definition) is 2. The minimum absolute atomic E-state index is 0.668. The Hall–Kier alpha value is -0.920. The van der Waals surface area contributed by atoms with Crippen molar-refractivity contribution in [3.8, 4) is 0 Å². The van der Waals surface area contributed by atoms with Crippen molar-refractivity contribution in [2.45, 2.75) is 110 Å². The predicted octanol–water partition coefficient (Wildman–Crippen LogP) is 7.18. The summed E-state index contributed by atoms with van der Waals surface area (Å²) >= 11 is 0. The molecule has 0 radical (unpaired) electrons. The van der Waals surface area contributed by atoms with Crippen LogP contribution in [0.5, 0.6) is 0 Å². The van der Waals surface area contributed by atoms with Crippen molar-refractivity contribution in [3.05, 3.63) is 24.4 Å². The SMILES string of the molecule is C=C1NC=C(CCCCCCCCCCCCCCCCC)O1. The van der Waals surface area contributed by atoms with Gasteiger partial charge in [0, 0.05) is 12.6 Å². The van der Waals surface area contributed by atoms with Gasteiger partial charge in [0.25, 0.3) is 0 Å². The molecule has 2 heteroatoms. The maximum Gasteiger partial charge on any atom is 0.189 e. The third-order valence-corrected chi connectivity index (χ3v) is 4.68. The molecule has 1 heterocycles. The number of rotatable bonds is 16. The highest BCUT2D eigenvalue weighted by Crippen LogP contribution is 2.18. The van der Waals surface area contributed by atoms with Gasteiger partial charge in [-0.15, -0.1) is 0 Å². The predicted molar refractivity (Wildman–Crippen MR) is 101 cm³/mol. The van der Waals surface area contributed by atoms with Crippen molar-refractivity contribution in [1.82, 2.24) is 5.32 Å². The highest BCUT2D eigenvalue weighted by Gasteiger charge is 2.07. The first kappa shape index (κ1) is 20.1. The number of nitrogens with one attached hydrogen (secondary N) is 1. The highest BCUT2D eigenvalue weighted by atomic mass is 16.5. The first-order chi connectivity index (χ1) is 11.3.